The summed E-state index contributed by atoms with van der Waals surface area (Å²) < 4.78 is 10.4. The number of carboxylic acid groups (broad SMARTS) is 1. The molecule has 2 aromatic rings. The van der Waals surface area contributed by atoms with Crippen LogP contribution >= 0.6 is 0 Å². The molecular weight excluding hydrogens is 332 g/mol. The van der Waals surface area contributed by atoms with Gasteiger partial charge in [0.15, 0.2) is 5.78 Å². The fourth-order valence-corrected chi connectivity index (χ4v) is 3.35. The third-order valence-corrected chi connectivity index (χ3v) is 4.67. The lowest BCUT2D eigenvalue weighted by Gasteiger charge is -2.19. The first-order chi connectivity index (χ1) is 12.5. The van der Waals surface area contributed by atoms with E-state index in [-0.39, 0.29) is 17.8 Å². The minimum Gasteiger partial charge on any atom is -0.549 e. The van der Waals surface area contributed by atoms with E-state index >= 15 is 0 Å². The molecule has 0 N–H and O–H groups in total. The minimum absolute atomic E-state index is 0.265. The largest absolute Gasteiger partial charge is 0.549 e. The molecule has 0 bridgehead atoms. The summed E-state index contributed by atoms with van der Waals surface area (Å²) in [5, 5.41) is 11.7. The molecule has 0 aromatic heterocycles. The van der Waals surface area contributed by atoms with E-state index in [0.29, 0.717) is 28.2 Å². The maximum atomic E-state index is 13.0. The average molecular weight is 351 g/mol. The Morgan fingerprint density at radius 1 is 1.00 bits per heavy atom. The lowest BCUT2D eigenvalue weighted by atomic mass is 9.88. The van der Waals surface area contributed by atoms with Crippen LogP contribution in [-0.2, 0) is 4.79 Å². The van der Waals surface area contributed by atoms with E-state index in [0.717, 1.165) is 5.56 Å². The second-order valence-electron chi connectivity index (χ2n) is 6.04. The minimum atomic E-state index is -1.25. The summed E-state index contributed by atoms with van der Waals surface area (Å²) in [6.07, 6.45) is 0.272. The Bertz CT molecular complexity index is 893. The third-order valence-electron chi connectivity index (χ3n) is 4.67. The first kappa shape index (κ1) is 17.7. The predicted octanol–water partition coefficient (Wildman–Crippen LogP) is 2.48. The molecule has 2 aromatic carbocycles. The molecule has 134 valence electrons. The van der Waals surface area contributed by atoms with Crippen LogP contribution in [0.1, 0.15) is 34.8 Å². The molecule has 1 unspecified atom stereocenters. The topological polar surface area (TPSA) is 75.7 Å². The van der Waals surface area contributed by atoms with Gasteiger partial charge in [-0.05, 0) is 53.5 Å². The van der Waals surface area contributed by atoms with E-state index in [9.17, 15) is 14.7 Å². The molecule has 0 saturated carbocycles. The SMILES string of the molecule is CCC(C(=O)[O-])C1=C(c2ccc(OC)cc2)c2ccc(OC)cc2C1=O. The molecule has 0 heterocycles. The van der Waals surface area contributed by atoms with Gasteiger partial charge in [-0.2, -0.15) is 0 Å². The zero-order chi connectivity index (χ0) is 18.8. The first-order valence-corrected chi connectivity index (χ1v) is 8.34. The van der Waals surface area contributed by atoms with E-state index in [4.69, 9.17) is 9.47 Å². The van der Waals surface area contributed by atoms with Gasteiger partial charge in [-0.25, -0.2) is 0 Å². The maximum Gasteiger partial charge on any atom is 0.191 e. The first-order valence-electron chi connectivity index (χ1n) is 8.34. The van der Waals surface area contributed by atoms with Crippen LogP contribution in [0.15, 0.2) is 48.0 Å². The molecule has 26 heavy (non-hydrogen) atoms. The Morgan fingerprint density at radius 3 is 2.15 bits per heavy atom. The number of aliphatic carboxylic acids is 1. The normalized spacial score (nSPS) is 14.2. The van der Waals surface area contributed by atoms with Gasteiger partial charge in [0.1, 0.15) is 11.5 Å². The Labute approximate surface area is 151 Å². The third kappa shape index (κ3) is 2.86. The highest BCUT2D eigenvalue weighted by Crippen LogP contribution is 2.42. The monoisotopic (exact) mass is 351 g/mol. The number of carbonyl (C=O) groups is 2. The maximum absolute atomic E-state index is 13.0. The standard InChI is InChI=1S/C21H20O5/c1-4-15(21(23)24)19-18(12-5-7-13(25-2)8-6-12)16-10-9-14(26-3)11-17(16)20(19)22/h5-11,15H,4H2,1-3H3,(H,23,24)/p-1. The van der Waals surface area contributed by atoms with E-state index in [1.165, 1.54) is 7.11 Å². The molecule has 0 radical (unpaired) electrons. The van der Waals surface area contributed by atoms with Crippen molar-refractivity contribution in [2.75, 3.05) is 14.2 Å². The number of fused-ring (bicyclic) bond motifs is 1. The molecule has 0 saturated heterocycles. The summed E-state index contributed by atoms with van der Waals surface area (Å²) in [7, 11) is 3.10. The van der Waals surface area contributed by atoms with Gasteiger partial charge in [-0.1, -0.05) is 19.1 Å². The summed E-state index contributed by atoms with van der Waals surface area (Å²) in [5.41, 5.74) is 2.81. The summed E-state index contributed by atoms with van der Waals surface area (Å²) >= 11 is 0. The van der Waals surface area contributed by atoms with Gasteiger partial charge in [0.2, 0.25) is 0 Å². The molecule has 5 heteroatoms. The quantitative estimate of drug-likeness (QED) is 0.799. The Kier molecular flexibility index (Phi) is 4.80. The van der Waals surface area contributed by atoms with Crippen molar-refractivity contribution in [3.05, 3.63) is 64.7 Å². The number of ketones is 1. The molecule has 1 aliphatic rings. The number of benzene rings is 2. The molecule has 0 spiro atoms. The van der Waals surface area contributed by atoms with E-state index in [1.54, 1.807) is 44.4 Å². The highest BCUT2D eigenvalue weighted by atomic mass is 16.5. The highest BCUT2D eigenvalue weighted by molar-refractivity contribution is 6.24. The van der Waals surface area contributed by atoms with Crippen molar-refractivity contribution >= 4 is 17.3 Å². The predicted molar refractivity (Wildman–Crippen MR) is 95.1 cm³/mol. The number of hydrogen-bond acceptors (Lipinski definition) is 5. The van der Waals surface area contributed by atoms with Crippen LogP contribution in [0.4, 0.5) is 0 Å². The van der Waals surface area contributed by atoms with Crippen molar-refractivity contribution in [2.45, 2.75) is 13.3 Å². The number of ether oxygens (including phenoxy) is 2. The molecule has 3 rings (SSSR count). The zero-order valence-electron chi connectivity index (χ0n) is 14.9. The van der Waals surface area contributed by atoms with Gasteiger partial charge >= 0.3 is 0 Å². The molecule has 0 aliphatic heterocycles. The number of carbonyl (C=O) groups excluding carboxylic acids is 2. The Balaban J connectivity index is 2.25. The molecule has 0 fully saturated rings. The van der Waals surface area contributed by atoms with Crippen molar-refractivity contribution in [3.8, 4) is 11.5 Å². The van der Waals surface area contributed by atoms with Crippen molar-refractivity contribution in [1.29, 1.82) is 0 Å². The van der Waals surface area contributed by atoms with Gasteiger partial charge in [-0.3, -0.25) is 4.79 Å². The lowest BCUT2D eigenvalue weighted by molar-refractivity contribution is -0.310. The van der Waals surface area contributed by atoms with Gasteiger partial charge in [0, 0.05) is 23.0 Å². The summed E-state index contributed by atoms with van der Waals surface area (Å²) in [4.78, 5) is 24.7. The Morgan fingerprint density at radius 2 is 1.62 bits per heavy atom. The second kappa shape index (κ2) is 7.04. The number of methoxy groups -OCH3 is 2. The number of rotatable bonds is 6. The van der Waals surface area contributed by atoms with E-state index in [2.05, 4.69) is 0 Å². The smallest absolute Gasteiger partial charge is 0.191 e. The number of hydrogen-bond donors (Lipinski definition) is 0. The molecular formula is C21H19O5-. The van der Waals surface area contributed by atoms with Crippen LogP contribution in [0.3, 0.4) is 0 Å². The van der Waals surface area contributed by atoms with Crippen LogP contribution in [0, 0.1) is 5.92 Å². The molecule has 1 aliphatic carbocycles. The second-order valence-corrected chi connectivity index (χ2v) is 6.04. The van der Waals surface area contributed by atoms with Crippen LogP contribution in [0.25, 0.3) is 5.57 Å². The highest BCUT2D eigenvalue weighted by Gasteiger charge is 2.35. The molecule has 1 atom stereocenters. The molecule has 5 nitrogen and oxygen atoms in total. The fourth-order valence-electron chi connectivity index (χ4n) is 3.35. The van der Waals surface area contributed by atoms with Crippen LogP contribution in [0.2, 0.25) is 0 Å². The van der Waals surface area contributed by atoms with Gasteiger partial charge in [0.25, 0.3) is 0 Å². The summed E-state index contributed by atoms with van der Waals surface area (Å²) in [6, 6.07) is 12.4. The van der Waals surface area contributed by atoms with Crippen LogP contribution in [0.5, 0.6) is 11.5 Å². The lowest BCUT2D eigenvalue weighted by Crippen LogP contribution is -2.33. The van der Waals surface area contributed by atoms with Crippen molar-refractivity contribution in [2.24, 2.45) is 5.92 Å². The fraction of sp³-hybridized carbons (Fsp3) is 0.238. The van der Waals surface area contributed by atoms with Crippen LogP contribution < -0.4 is 14.6 Å². The van der Waals surface area contributed by atoms with Gasteiger partial charge in [-0.15, -0.1) is 0 Å². The number of Topliss-reactive ketones (excluding diaryl/α,β-unsaturated/α-hetero) is 1. The average Bonchev–Trinajstić information content (AvgIpc) is 2.94. The summed E-state index contributed by atoms with van der Waals surface area (Å²) in [6.45, 7) is 1.73. The van der Waals surface area contributed by atoms with Gasteiger partial charge in [0.05, 0.1) is 14.2 Å². The van der Waals surface area contributed by atoms with E-state index < -0.39 is 11.9 Å². The Hall–Kier alpha value is -3.08. The van der Waals surface area contributed by atoms with Crippen molar-refractivity contribution in [1.82, 2.24) is 0 Å². The number of carboxylic acids is 1. The molecule has 0 amide bonds. The zero-order valence-corrected chi connectivity index (χ0v) is 14.9. The van der Waals surface area contributed by atoms with Crippen LogP contribution in [-0.4, -0.2) is 26.0 Å². The van der Waals surface area contributed by atoms with E-state index in [1.807, 2.05) is 12.1 Å². The summed E-state index contributed by atoms with van der Waals surface area (Å²) in [5.74, 6) is -1.28. The van der Waals surface area contributed by atoms with Crippen molar-refractivity contribution < 1.29 is 24.2 Å². The van der Waals surface area contributed by atoms with Crippen molar-refractivity contribution in [3.63, 3.8) is 0 Å². The van der Waals surface area contributed by atoms with Gasteiger partial charge < -0.3 is 19.4 Å².